The van der Waals surface area contributed by atoms with E-state index in [0.29, 0.717) is 10.8 Å². The number of hydrogen-bond donors (Lipinski definition) is 6. The average molecular weight is 560 g/mol. The number of nitrogens with zero attached hydrogens (tertiary/aromatic N) is 1. The van der Waals surface area contributed by atoms with Gasteiger partial charge in [0, 0.05) is 6.20 Å². The SMILES string of the molecule is C#C[C@]1(COP(=O)(O)OP(=O)(O)OP(=O)(O)O)O[C@@H](n2cc(F)c(=S)[nH]c2=S)[C@@H](F)[C@H]1O. The first kappa shape index (κ1) is 27.5. The van der Waals surface area contributed by atoms with Gasteiger partial charge in [0.2, 0.25) is 0 Å². The summed E-state index contributed by atoms with van der Waals surface area (Å²) in [4.78, 5) is 37.9. The molecule has 1 aromatic heterocycles. The minimum Gasteiger partial charge on any atom is -0.386 e. The molecule has 0 saturated carbocycles. The molecule has 0 aromatic carbocycles. The first-order chi connectivity index (χ1) is 14.4. The minimum atomic E-state index is -5.84. The lowest BCUT2D eigenvalue weighted by Gasteiger charge is -2.27. The number of aliphatic hydroxyl groups is 1. The number of terminal acetylenes is 1. The molecule has 0 spiro atoms. The average Bonchev–Trinajstić information content (AvgIpc) is 2.85. The highest BCUT2D eigenvalue weighted by Crippen LogP contribution is 2.66. The standard InChI is InChI=1S/C11H13F2N2O12P3S2/c1-2-11(4-24-29(20,21)27-30(22,23)26-28(17,18)19)7(16)6(13)9(25-11)15-3-5(12)8(31)14-10(15)32/h1,3,6-7,9,16H,4H2,(H,20,21)(H,22,23)(H,14,31,32)(H2,17,18,19)/t6-,7+,9+,11+/m0/s1. The Morgan fingerprint density at radius 1 is 1.25 bits per heavy atom. The molecule has 32 heavy (non-hydrogen) atoms. The van der Waals surface area contributed by atoms with Crippen molar-refractivity contribution in [2.75, 3.05) is 6.61 Å². The molecule has 1 fully saturated rings. The van der Waals surface area contributed by atoms with Crippen LogP contribution in [0.5, 0.6) is 0 Å². The van der Waals surface area contributed by atoms with E-state index >= 15 is 0 Å². The largest absolute Gasteiger partial charge is 0.490 e. The Hall–Kier alpha value is -0.730. The van der Waals surface area contributed by atoms with Crippen LogP contribution in [0.4, 0.5) is 8.78 Å². The van der Waals surface area contributed by atoms with Crippen molar-refractivity contribution in [3.63, 3.8) is 0 Å². The van der Waals surface area contributed by atoms with Crippen LogP contribution in [0.3, 0.4) is 0 Å². The van der Waals surface area contributed by atoms with E-state index < -0.39 is 64.6 Å². The maximum Gasteiger partial charge on any atom is 0.490 e. The third-order valence-corrected chi connectivity index (χ3v) is 8.08. The van der Waals surface area contributed by atoms with Crippen molar-refractivity contribution in [2.24, 2.45) is 0 Å². The molecule has 0 amide bonds. The van der Waals surface area contributed by atoms with Crippen molar-refractivity contribution < 1.29 is 65.0 Å². The number of rotatable bonds is 8. The van der Waals surface area contributed by atoms with Gasteiger partial charge in [0.05, 0.1) is 0 Å². The second-order valence-corrected chi connectivity index (χ2v) is 11.2. The first-order valence-electron chi connectivity index (χ1n) is 7.69. The van der Waals surface area contributed by atoms with E-state index in [1.165, 1.54) is 0 Å². The number of nitrogens with one attached hydrogen (secondary N) is 1. The van der Waals surface area contributed by atoms with Crippen LogP contribution in [0.2, 0.25) is 0 Å². The molecule has 6 N–H and O–H groups in total. The number of H-pyrrole nitrogens is 1. The molecule has 0 radical (unpaired) electrons. The normalized spacial score (nSPS) is 29.8. The fraction of sp³-hybridized carbons (Fsp3) is 0.455. The number of aromatic nitrogens is 2. The lowest BCUT2D eigenvalue weighted by Crippen LogP contribution is -2.44. The van der Waals surface area contributed by atoms with Crippen LogP contribution < -0.4 is 0 Å². The summed E-state index contributed by atoms with van der Waals surface area (Å²) in [6, 6.07) is 0. The third-order valence-electron chi connectivity index (χ3n) is 3.68. The molecule has 1 saturated heterocycles. The minimum absolute atomic E-state index is 0.336. The third kappa shape index (κ3) is 6.44. The van der Waals surface area contributed by atoms with Gasteiger partial charge in [0.25, 0.3) is 0 Å². The Labute approximate surface area is 187 Å². The smallest absolute Gasteiger partial charge is 0.386 e. The number of ether oxygens (including phenoxy) is 1. The number of hydrogen-bond acceptors (Lipinski definition) is 10. The number of phosphoric ester groups is 1. The topological polar surface area (TPSA) is 210 Å². The van der Waals surface area contributed by atoms with E-state index in [2.05, 4.69) is 30.3 Å². The van der Waals surface area contributed by atoms with Crippen LogP contribution in [0.1, 0.15) is 6.23 Å². The lowest BCUT2D eigenvalue weighted by molar-refractivity contribution is -0.0903. The van der Waals surface area contributed by atoms with Gasteiger partial charge in [-0.1, -0.05) is 18.1 Å². The van der Waals surface area contributed by atoms with Gasteiger partial charge in [-0.3, -0.25) is 9.09 Å². The molecule has 1 aliphatic rings. The molecule has 1 aromatic rings. The van der Waals surface area contributed by atoms with Crippen LogP contribution in [0, 0.1) is 27.6 Å². The van der Waals surface area contributed by atoms with E-state index in [1.54, 1.807) is 5.92 Å². The van der Waals surface area contributed by atoms with E-state index in [4.69, 9.17) is 38.1 Å². The Balaban J connectivity index is 2.26. The summed E-state index contributed by atoms with van der Waals surface area (Å²) >= 11 is 9.52. The van der Waals surface area contributed by atoms with Gasteiger partial charge >= 0.3 is 23.5 Å². The summed E-state index contributed by atoms with van der Waals surface area (Å²) in [5.41, 5.74) is -2.53. The Bertz CT molecular complexity index is 1200. The number of aliphatic hydroxyl groups excluding tert-OH is 1. The van der Waals surface area contributed by atoms with Gasteiger partial charge < -0.3 is 34.4 Å². The highest BCUT2D eigenvalue weighted by Gasteiger charge is 2.57. The van der Waals surface area contributed by atoms with Crippen molar-refractivity contribution in [2.45, 2.75) is 24.1 Å². The molecule has 1 aliphatic heterocycles. The number of aromatic amines is 1. The monoisotopic (exact) mass is 560 g/mol. The van der Waals surface area contributed by atoms with Crippen LogP contribution in [-0.4, -0.2) is 58.7 Å². The van der Waals surface area contributed by atoms with E-state index in [9.17, 15) is 32.5 Å². The van der Waals surface area contributed by atoms with Gasteiger partial charge in [-0.05, 0) is 12.2 Å². The molecule has 21 heteroatoms. The summed E-state index contributed by atoms with van der Waals surface area (Å²) in [6.45, 7) is -1.36. The van der Waals surface area contributed by atoms with E-state index in [0.717, 1.165) is 0 Å². The van der Waals surface area contributed by atoms with Crippen LogP contribution in [0.15, 0.2) is 6.20 Å². The summed E-state index contributed by atoms with van der Waals surface area (Å²) in [7, 11) is -17.1. The van der Waals surface area contributed by atoms with E-state index in [-0.39, 0.29) is 4.77 Å². The maximum absolute atomic E-state index is 14.7. The Kier molecular flexibility index (Phi) is 8.16. The molecule has 0 bridgehead atoms. The summed E-state index contributed by atoms with van der Waals surface area (Å²) in [5, 5.41) is 10.2. The molecule has 6 atom stereocenters. The molecular formula is C11H13F2N2O12P3S2. The highest BCUT2D eigenvalue weighted by atomic mass is 32.1. The van der Waals surface area contributed by atoms with Gasteiger partial charge in [-0.25, -0.2) is 22.5 Å². The molecule has 14 nitrogen and oxygen atoms in total. The van der Waals surface area contributed by atoms with Crippen molar-refractivity contribution in [1.29, 1.82) is 0 Å². The lowest BCUT2D eigenvalue weighted by atomic mass is 9.98. The second kappa shape index (κ2) is 9.49. The van der Waals surface area contributed by atoms with Crippen molar-refractivity contribution in [1.82, 2.24) is 9.55 Å². The van der Waals surface area contributed by atoms with Crippen LogP contribution in [0.25, 0.3) is 0 Å². The molecule has 2 unspecified atom stereocenters. The zero-order valence-corrected chi connectivity index (χ0v) is 19.4. The van der Waals surface area contributed by atoms with E-state index in [1.807, 2.05) is 0 Å². The molecule has 2 rings (SSSR count). The molecule has 180 valence electrons. The predicted molar refractivity (Wildman–Crippen MR) is 103 cm³/mol. The number of alkyl halides is 1. The number of phosphoric acid groups is 3. The Morgan fingerprint density at radius 2 is 1.84 bits per heavy atom. The summed E-state index contributed by atoms with van der Waals surface area (Å²) in [5.74, 6) is 0.756. The first-order valence-corrected chi connectivity index (χ1v) is 13.0. The van der Waals surface area contributed by atoms with Crippen LogP contribution >= 0.6 is 47.9 Å². The Morgan fingerprint density at radius 3 is 2.38 bits per heavy atom. The highest BCUT2D eigenvalue weighted by molar-refractivity contribution is 7.72. The van der Waals surface area contributed by atoms with Gasteiger partial charge in [-0.2, -0.15) is 8.62 Å². The quantitative estimate of drug-likeness (QED) is 0.151. The summed E-state index contributed by atoms with van der Waals surface area (Å²) < 4.78 is 78.8. The zero-order valence-electron chi connectivity index (χ0n) is 15.0. The fourth-order valence-electron chi connectivity index (χ4n) is 2.38. The zero-order chi connectivity index (χ0) is 24.7. The fourth-order valence-corrected chi connectivity index (χ4v) is 5.91. The van der Waals surface area contributed by atoms with Crippen molar-refractivity contribution >= 4 is 47.9 Å². The van der Waals surface area contributed by atoms with Crippen LogP contribution in [-0.2, 0) is 31.6 Å². The van der Waals surface area contributed by atoms with Gasteiger partial charge in [0.15, 0.2) is 28.6 Å². The molecular weight excluding hydrogens is 547 g/mol. The number of halogens is 2. The van der Waals surface area contributed by atoms with Gasteiger partial charge in [0.1, 0.15) is 17.4 Å². The molecule has 0 aliphatic carbocycles. The van der Waals surface area contributed by atoms with Crippen molar-refractivity contribution in [3.05, 3.63) is 21.4 Å². The summed E-state index contributed by atoms with van der Waals surface area (Å²) in [6.07, 6.45) is -0.652. The van der Waals surface area contributed by atoms with Gasteiger partial charge in [-0.15, -0.1) is 6.42 Å². The van der Waals surface area contributed by atoms with Crippen molar-refractivity contribution in [3.8, 4) is 12.3 Å². The maximum atomic E-state index is 14.7. The second-order valence-electron chi connectivity index (χ2n) is 5.94. The predicted octanol–water partition coefficient (Wildman–Crippen LogP) is 1.36. The molecule has 2 heterocycles.